The Morgan fingerprint density at radius 3 is 2.65 bits per heavy atom. The van der Waals surface area contributed by atoms with Crippen molar-refractivity contribution < 1.29 is 14.7 Å². The highest BCUT2D eigenvalue weighted by atomic mass is 16.3. The Labute approximate surface area is 135 Å². The first-order valence-corrected chi connectivity index (χ1v) is 8.11. The van der Waals surface area contributed by atoms with Crippen molar-refractivity contribution in [3.05, 3.63) is 35.4 Å². The molecule has 1 aromatic carbocycles. The number of benzene rings is 1. The number of piperidine rings is 1. The highest BCUT2D eigenvalue weighted by Gasteiger charge is 2.32. The van der Waals surface area contributed by atoms with E-state index in [-0.39, 0.29) is 30.3 Å². The van der Waals surface area contributed by atoms with Crippen LogP contribution in [-0.4, -0.2) is 47.6 Å². The predicted octanol–water partition coefficient (Wildman–Crippen LogP) is -0.0418. The third-order valence-electron chi connectivity index (χ3n) is 4.88. The summed E-state index contributed by atoms with van der Waals surface area (Å²) in [5, 5.41) is 13.1. The number of aliphatic hydroxyl groups excluding tert-OH is 1. The van der Waals surface area contributed by atoms with Gasteiger partial charge in [-0.15, -0.1) is 0 Å². The molecule has 0 bridgehead atoms. The Morgan fingerprint density at radius 1 is 1.26 bits per heavy atom. The largest absolute Gasteiger partial charge is 0.390 e. The van der Waals surface area contributed by atoms with E-state index in [1.54, 1.807) is 0 Å². The maximum absolute atomic E-state index is 12.3. The van der Waals surface area contributed by atoms with Crippen LogP contribution in [0.5, 0.6) is 0 Å². The summed E-state index contributed by atoms with van der Waals surface area (Å²) in [6.07, 6.45) is 1.41. The van der Waals surface area contributed by atoms with Gasteiger partial charge in [-0.2, -0.15) is 0 Å². The first-order valence-electron chi connectivity index (χ1n) is 8.11. The third kappa shape index (κ3) is 3.54. The highest BCUT2D eigenvalue weighted by Crippen LogP contribution is 2.31. The Bertz CT molecular complexity index is 597. The number of rotatable bonds is 4. The zero-order chi connectivity index (χ0) is 16.4. The summed E-state index contributed by atoms with van der Waals surface area (Å²) in [7, 11) is 0. The minimum absolute atomic E-state index is 0.0714. The van der Waals surface area contributed by atoms with E-state index in [1.165, 1.54) is 0 Å². The number of primary amides is 1. The lowest BCUT2D eigenvalue weighted by atomic mass is 9.96. The number of nitrogens with zero attached hydrogens (tertiary/aromatic N) is 1. The zero-order valence-corrected chi connectivity index (χ0v) is 13.1. The monoisotopic (exact) mass is 317 g/mol. The van der Waals surface area contributed by atoms with Gasteiger partial charge in [0, 0.05) is 12.3 Å². The molecule has 1 heterocycles. The Morgan fingerprint density at radius 2 is 1.96 bits per heavy atom. The Balaban J connectivity index is 1.53. The molecule has 23 heavy (non-hydrogen) atoms. The molecule has 2 amide bonds. The second kappa shape index (κ2) is 6.68. The van der Waals surface area contributed by atoms with E-state index in [9.17, 15) is 14.7 Å². The van der Waals surface area contributed by atoms with E-state index < -0.39 is 6.10 Å². The first kappa shape index (κ1) is 16.0. The number of hydrogen-bond acceptors (Lipinski definition) is 4. The summed E-state index contributed by atoms with van der Waals surface area (Å²) in [4.78, 5) is 25.5. The molecule has 1 aromatic rings. The number of hydrogen-bond donors (Lipinski definition) is 3. The van der Waals surface area contributed by atoms with E-state index in [2.05, 4.69) is 5.32 Å². The molecule has 1 fully saturated rings. The fraction of sp³-hybridized carbons (Fsp3) is 0.529. The van der Waals surface area contributed by atoms with Crippen molar-refractivity contribution in [2.24, 2.45) is 11.7 Å². The summed E-state index contributed by atoms with van der Waals surface area (Å²) in [5.74, 6) is -0.416. The number of likely N-dealkylation sites (tertiary alicyclic amines) is 1. The molecular weight excluding hydrogens is 294 g/mol. The number of carbonyl (C=O) groups excluding carboxylic acids is 2. The normalized spacial score (nSPS) is 25.1. The maximum atomic E-state index is 12.3. The van der Waals surface area contributed by atoms with Crippen LogP contribution in [0.3, 0.4) is 0 Å². The maximum Gasteiger partial charge on any atom is 0.234 e. The van der Waals surface area contributed by atoms with Crippen molar-refractivity contribution in [1.29, 1.82) is 0 Å². The third-order valence-corrected chi connectivity index (χ3v) is 4.88. The summed E-state index contributed by atoms with van der Waals surface area (Å²) in [6.45, 7) is 1.69. The van der Waals surface area contributed by atoms with Crippen LogP contribution in [0.4, 0.5) is 0 Å². The van der Waals surface area contributed by atoms with Gasteiger partial charge >= 0.3 is 0 Å². The van der Waals surface area contributed by atoms with E-state index >= 15 is 0 Å². The average molecular weight is 317 g/mol. The van der Waals surface area contributed by atoms with Gasteiger partial charge in [-0.25, -0.2) is 0 Å². The first-order chi connectivity index (χ1) is 11.0. The Hall–Kier alpha value is -1.92. The van der Waals surface area contributed by atoms with Gasteiger partial charge in [0.1, 0.15) is 0 Å². The van der Waals surface area contributed by atoms with E-state index in [0.29, 0.717) is 32.4 Å². The van der Waals surface area contributed by atoms with Gasteiger partial charge in [-0.05, 0) is 37.1 Å². The van der Waals surface area contributed by atoms with Crippen molar-refractivity contribution in [2.45, 2.75) is 31.4 Å². The molecule has 124 valence electrons. The summed E-state index contributed by atoms with van der Waals surface area (Å²) >= 11 is 0. The smallest absolute Gasteiger partial charge is 0.234 e. The molecule has 0 radical (unpaired) electrons. The predicted molar refractivity (Wildman–Crippen MR) is 85.4 cm³/mol. The van der Waals surface area contributed by atoms with E-state index in [4.69, 9.17) is 5.73 Å². The number of amides is 2. The topological polar surface area (TPSA) is 95.7 Å². The summed E-state index contributed by atoms with van der Waals surface area (Å²) < 4.78 is 0. The van der Waals surface area contributed by atoms with Crippen LogP contribution in [0.25, 0.3) is 0 Å². The van der Waals surface area contributed by atoms with Crippen molar-refractivity contribution >= 4 is 11.8 Å². The van der Waals surface area contributed by atoms with Gasteiger partial charge in [-0.1, -0.05) is 24.3 Å². The molecule has 1 aliphatic heterocycles. The quantitative estimate of drug-likeness (QED) is 0.726. The minimum Gasteiger partial charge on any atom is -0.390 e. The van der Waals surface area contributed by atoms with Gasteiger partial charge in [0.05, 0.1) is 18.7 Å². The molecule has 0 unspecified atom stereocenters. The van der Waals surface area contributed by atoms with Gasteiger partial charge in [0.25, 0.3) is 0 Å². The summed E-state index contributed by atoms with van der Waals surface area (Å²) in [5.41, 5.74) is 7.41. The van der Waals surface area contributed by atoms with Crippen LogP contribution in [0, 0.1) is 5.92 Å². The summed E-state index contributed by atoms with van der Waals surface area (Å²) in [6, 6.07) is 7.47. The van der Waals surface area contributed by atoms with Crippen molar-refractivity contribution in [2.75, 3.05) is 19.6 Å². The molecule has 1 saturated heterocycles. The number of nitrogens with two attached hydrogens (primary N) is 1. The molecule has 0 saturated carbocycles. The molecule has 4 N–H and O–H groups in total. The average Bonchev–Trinajstić information content (AvgIpc) is 2.84. The molecule has 2 atom stereocenters. The zero-order valence-electron chi connectivity index (χ0n) is 13.1. The molecular formula is C17H23N3O3. The standard InChI is InChI=1S/C17H23N3O3/c18-17(23)11-5-7-20(8-6-11)10-15(22)19-16-13-4-2-1-3-12(13)9-14(16)21/h1-4,11,14,16,21H,5-10H2,(H2,18,23)(H,19,22)/t14-,16+/m0/s1. The van der Waals surface area contributed by atoms with Crippen LogP contribution in [-0.2, 0) is 16.0 Å². The van der Waals surface area contributed by atoms with Crippen LogP contribution in [0.15, 0.2) is 24.3 Å². The number of nitrogens with one attached hydrogen (secondary N) is 1. The molecule has 6 heteroatoms. The van der Waals surface area contributed by atoms with Gasteiger partial charge in [-0.3, -0.25) is 14.5 Å². The van der Waals surface area contributed by atoms with Crippen LogP contribution in [0.1, 0.15) is 30.0 Å². The van der Waals surface area contributed by atoms with E-state index in [1.807, 2.05) is 29.2 Å². The molecule has 2 aliphatic rings. The molecule has 6 nitrogen and oxygen atoms in total. The number of fused-ring (bicyclic) bond motifs is 1. The van der Waals surface area contributed by atoms with Crippen molar-refractivity contribution in [3.63, 3.8) is 0 Å². The number of carbonyl (C=O) groups is 2. The molecule has 1 aliphatic carbocycles. The molecule has 0 aromatic heterocycles. The molecule has 3 rings (SSSR count). The minimum atomic E-state index is -0.572. The lowest BCUT2D eigenvalue weighted by Crippen LogP contribution is -2.45. The lowest BCUT2D eigenvalue weighted by Gasteiger charge is -2.30. The van der Waals surface area contributed by atoms with Gasteiger partial charge in [0.15, 0.2) is 0 Å². The van der Waals surface area contributed by atoms with Crippen molar-refractivity contribution in [3.8, 4) is 0 Å². The van der Waals surface area contributed by atoms with E-state index in [0.717, 1.165) is 11.1 Å². The fourth-order valence-corrected chi connectivity index (χ4v) is 3.55. The lowest BCUT2D eigenvalue weighted by molar-refractivity contribution is -0.125. The second-order valence-corrected chi connectivity index (χ2v) is 6.47. The molecule has 0 spiro atoms. The van der Waals surface area contributed by atoms with Crippen LogP contribution >= 0.6 is 0 Å². The van der Waals surface area contributed by atoms with Crippen molar-refractivity contribution in [1.82, 2.24) is 10.2 Å². The van der Waals surface area contributed by atoms with Gasteiger partial charge < -0.3 is 16.2 Å². The number of aliphatic hydroxyl groups is 1. The fourth-order valence-electron chi connectivity index (χ4n) is 3.55. The van der Waals surface area contributed by atoms with Crippen LogP contribution in [0.2, 0.25) is 0 Å². The SMILES string of the molecule is NC(=O)C1CCN(CC(=O)N[C@@H]2c3ccccc3C[C@@H]2O)CC1. The second-order valence-electron chi connectivity index (χ2n) is 6.47. The highest BCUT2D eigenvalue weighted by molar-refractivity contribution is 5.79. The Kier molecular flexibility index (Phi) is 4.63. The van der Waals surface area contributed by atoms with Crippen LogP contribution < -0.4 is 11.1 Å². The van der Waals surface area contributed by atoms with Gasteiger partial charge in [0.2, 0.25) is 11.8 Å².